The minimum Gasteiger partial charge on any atom is -0.508 e. The first kappa shape index (κ1) is 22.1. The third kappa shape index (κ3) is 4.94. The van der Waals surface area contributed by atoms with Crippen molar-refractivity contribution in [3.8, 4) is 22.8 Å². The number of hydrogen-bond donors (Lipinski definition) is 2. The smallest absolute Gasteiger partial charge is 0.256 e. The molecule has 0 saturated carbocycles. The van der Waals surface area contributed by atoms with Gasteiger partial charge in [-0.2, -0.15) is 0 Å². The first-order valence-electron chi connectivity index (χ1n) is 10.1. The number of ether oxygens (including phenoxy) is 1. The summed E-state index contributed by atoms with van der Waals surface area (Å²) in [4.78, 5) is 17.8. The predicted octanol–water partition coefficient (Wildman–Crippen LogP) is 4.72. The summed E-state index contributed by atoms with van der Waals surface area (Å²) < 4.78 is 19.8. The Balaban J connectivity index is 0.00000256. The topological polar surface area (TPSA) is 65.6 Å². The fourth-order valence-electron chi connectivity index (χ4n) is 3.93. The first-order chi connectivity index (χ1) is 14.1. The molecule has 0 spiro atoms. The molecule has 30 heavy (non-hydrogen) atoms. The number of H-pyrrole nitrogens is 1. The maximum atomic E-state index is 13.7. The van der Waals surface area contributed by atoms with E-state index in [4.69, 9.17) is 4.74 Å². The zero-order valence-electron chi connectivity index (χ0n) is 16.7. The normalized spacial score (nSPS) is 14.4. The number of phenolic OH excluding ortho intramolecular Hbond substituents is 1. The molecule has 1 aliphatic heterocycles. The lowest BCUT2D eigenvalue weighted by molar-refractivity contribution is 0.205. The highest BCUT2D eigenvalue weighted by Gasteiger charge is 2.16. The Kier molecular flexibility index (Phi) is 7.34. The van der Waals surface area contributed by atoms with Crippen LogP contribution in [-0.4, -0.2) is 41.2 Å². The average Bonchev–Trinajstić information content (AvgIpc) is 2.73. The molecule has 3 aromatic rings. The van der Waals surface area contributed by atoms with Gasteiger partial charge in [0.25, 0.3) is 5.56 Å². The summed E-state index contributed by atoms with van der Waals surface area (Å²) in [5, 5.41) is 10.7. The van der Waals surface area contributed by atoms with E-state index in [1.165, 1.54) is 31.4 Å². The second-order valence-electron chi connectivity index (χ2n) is 7.50. The number of likely N-dealkylation sites (tertiary alicyclic amines) is 1. The van der Waals surface area contributed by atoms with E-state index < -0.39 is 11.4 Å². The SMILES string of the molecule is Cl.O=c1[nH]c(-c2cccc(O)c2)c(OCCCN2CCCCC2)c2ccc(F)cc12. The summed E-state index contributed by atoms with van der Waals surface area (Å²) in [7, 11) is 0. The van der Waals surface area contributed by atoms with Gasteiger partial charge in [-0.05, 0) is 62.7 Å². The molecule has 1 saturated heterocycles. The van der Waals surface area contributed by atoms with Gasteiger partial charge in [-0.1, -0.05) is 18.6 Å². The van der Waals surface area contributed by atoms with Crippen molar-refractivity contribution in [2.75, 3.05) is 26.2 Å². The monoisotopic (exact) mass is 432 g/mol. The molecule has 7 heteroatoms. The molecule has 2 heterocycles. The fraction of sp³-hybridized carbons (Fsp3) is 0.348. The van der Waals surface area contributed by atoms with Crippen LogP contribution in [0.3, 0.4) is 0 Å². The van der Waals surface area contributed by atoms with Crippen molar-refractivity contribution in [1.29, 1.82) is 0 Å². The van der Waals surface area contributed by atoms with Crippen LogP contribution in [0.5, 0.6) is 11.5 Å². The molecule has 1 aromatic heterocycles. The van der Waals surface area contributed by atoms with Crippen LogP contribution in [0.4, 0.5) is 4.39 Å². The standard InChI is InChI=1S/C23H25FN2O3.ClH/c24-17-8-9-19-20(15-17)23(28)25-21(16-6-4-7-18(27)14-16)22(19)29-13-5-12-26-10-2-1-3-11-26;/h4,6-9,14-15,27H,1-3,5,10-13H2,(H,25,28);1H. The average molecular weight is 433 g/mol. The number of hydrogen-bond acceptors (Lipinski definition) is 4. The number of aromatic amines is 1. The number of benzene rings is 2. The van der Waals surface area contributed by atoms with E-state index in [1.807, 2.05) is 0 Å². The van der Waals surface area contributed by atoms with E-state index in [9.17, 15) is 14.3 Å². The largest absolute Gasteiger partial charge is 0.508 e. The van der Waals surface area contributed by atoms with Crippen LogP contribution in [0.2, 0.25) is 0 Å². The summed E-state index contributed by atoms with van der Waals surface area (Å²) in [5.74, 6) is 0.131. The van der Waals surface area contributed by atoms with E-state index in [0.717, 1.165) is 26.1 Å². The maximum absolute atomic E-state index is 13.7. The molecule has 0 aliphatic carbocycles. The van der Waals surface area contributed by atoms with Crippen molar-refractivity contribution >= 4 is 23.2 Å². The van der Waals surface area contributed by atoms with Gasteiger partial charge in [0, 0.05) is 17.5 Å². The molecule has 2 aromatic carbocycles. The summed E-state index contributed by atoms with van der Waals surface area (Å²) in [6, 6.07) is 10.8. The lowest BCUT2D eigenvalue weighted by Crippen LogP contribution is -2.31. The van der Waals surface area contributed by atoms with Gasteiger partial charge >= 0.3 is 0 Å². The Morgan fingerprint density at radius 3 is 2.63 bits per heavy atom. The maximum Gasteiger partial charge on any atom is 0.256 e. The third-order valence-electron chi connectivity index (χ3n) is 5.39. The molecule has 0 radical (unpaired) electrons. The first-order valence-corrected chi connectivity index (χ1v) is 10.1. The third-order valence-corrected chi connectivity index (χ3v) is 5.39. The quantitative estimate of drug-likeness (QED) is 0.553. The molecule has 0 bridgehead atoms. The van der Waals surface area contributed by atoms with Crippen LogP contribution in [0.15, 0.2) is 47.3 Å². The molecule has 1 aliphatic rings. The second kappa shape index (κ2) is 9.96. The van der Waals surface area contributed by atoms with Gasteiger partial charge in [-0.25, -0.2) is 4.39 Å². The highest BCUT2D eigenvalue weighted by molar-refractivity contribution is 5.93. The Morgan fingerprint density at radius 2 is 1.87 bits per heavy atom. The highest BCUT2D eigenvalue weighted by atomic mass is 35.5. The molecular formula is C23H26ClFN2O3. The summed E-state index contributed by atoms with van der Waals surface area (Å²) in [6.07, 6.45) is 4.67. The molecule has 0 atom stereocenters. The number of aromatic nitrogens is 1. The van der Waals surface area contributed by atoms with E-state index in [0.29, 0.717) is 29.0 Å². The van der Waals surface area contributed by atoms with E-state index in [-0.39, 0.29) is 23.5 Å². The van der Waals surface area contributed by atoms with Crippen LogP contribution in [0.25, 0.3) is 22.0 Å². The van der Waals surface area contributed by atoms with Crippen LogP contribution < -0.4 is 10.3 Å². The van der Waals surface area contributed by atoms with Gasteiger partial charge in [0.2, 0.25) is 0 Å². The van der Waals surface area contributed by atoms with Gasteiger partial charge in [0.15, 0.2) is 5.75 Å². The van der Waals surface area contributed by atoms with Crippen molar-refractivity contribution in [3.05, 3.63) is 58.6 Å². The molecule has 0 amide bonds. The molecule has 4 rings (SSSR count). The fourth-order valence-corrected chi connectivity index (χ4v) is 3.93. The lowest BCUT2D eigenvalue weighted by Gasteiger charge is -2.26. The minimum absolute atomic E-state index is 0. The number of phenols is 1. The predicted molar refractivity (Wildman–Crippen MR) is 119 cm³/mol. The molecule has 0 unspecified atom stereocenters. The number of fused-ring (bicyclic) bond motifs is 1. The number of rotatable bonds is 6. The Bertz CT molecular complexity index is 1060. The van der Waals surface area contributed by atoms with Crippen molar-refractivity contribution in [2.45, 2.75) is 25.7 Å². The van der Waals surface area contributed by atoms with Crippen molar-refractivity contribution in [3.63, 3.8) is 0 Å². The molecular weight excluding hydrogens is 407 g/mol. The molecule has 1 fully saturated rings. The number of nitrogens with zero attached hydrogens (tertiary/aromatic N) is 1. The highest BCUT2D eigenvalue weighted by Crippen LogP contribution is 2.35. The summed E-state index contributed by atoms with van der Waals surface area (Å²) >= 11 is 0. The van der Waals surface area contributed by atoms with Gasteiger partial charge in [-0.15, -0.1) is 12.4 Å². The minimum atomic E-state index is -0.468. The van der Waals surface area contributed by atoms with Crippen molar-refractivity contribution in [2.24, 2.45) is 0 Å². The number of nitrogens with one attached hydrogen (secondary N) is 1. The van der Waals surface area contributed by atoms with E-state index in [1.54, 1.807) is 30.3 Å². The number of halogens is 2. The van der Waals surface area contributed by atoms with Gasteiger partial charge in [0.05, 0.1) is 17.7 Å². The van der Waals surface area contributed by atoms with Crippen LogP contribution in [0, 0.1) is 5.82 Å². The Labute approximate surface area is 180 Å². The molecule has 2 N–H and O–H groups in total. The van der Waals surface area contributed by atoms with Gasteiger partial charge < -0.3 is 19.7 Å². The number of pyridine rings is 1. The van der Waals surface area contributed by atoms with Gasteiger partial charge in [-0.3, -0.25) is 4.79 Å². The zero-order chi connectivity index (χ0) is 20.2. The molecule has 5 nitrogen and oxygen atoms in total. The van der Waals surface area contributed by atoms with Crippen molar-refractivity contribution < 1.29 is 14.2 Å². The molecule has 160 valence electrons. The van der Waals surface area contributed by atoms with E-state index >= 15 is 0 Å². The summed E-state index contributed by atoms with van der Waals surface area (Å²) in [5.41, 5.74) is 0.737. The zero-order valence-corrected chi connectivity index (χ0v) is 17.5. The lowest BCUT2D eigenvalue weighted by atomic mass is 10.1. The Hall–Kier alpha value is -2.57. The second-order valence-corrected chi connectivity index (χ2v) is 7.50. The van der Waals surface area contributed by atoms with Gasteiger partial charge in [0.1, 0.15) is 11.6 Å². The van der Waals surface area contributed by atoms with Crippen LogP contribution in [0.1, 0.15) is 25.7 Å². The summed E-state index contributed by atoms with van der Waals surface area (Å²) in [6.45, 7) is 3.73. The van der Waals surface area contributed by atoms with Crippen LogP contribution >= 0.6 is 12.4 Å². The van der Waals surface area contributed by atoms with E-state index in [2.05, 4.69) is 9.88 Å². The van der Waals surface area contributed by atoms with Crippen LogP contribution in [-0.2, 0) is 0 Å². The number of piperidine rings is 1. The number of aromatic hydroxyl groups is 1. The van der Waals surface area contributed by atoms with Crippen molar-refractivity contribution in [1.82, 2.24) is 9.88 Å². The Morgan fingerprint density at radius 1 is 1.07 bits per heavy atom.